The van der Waals surface area contributed by atoms with Crippen LogP contribution < -0.4 is 4.74 Å². The molecule has 0 bridgehead atoms. The summed E-state index contributed by atoms with van der Waals surface area (Å²) in [6.07, 6.45) is 0. The van der Waals surface area contributed by atoms with E-state index in [1.165, 1.54) is 12.1 Å². The van der Waals surface area contributed by atoms with Gasteiger partial charge in [0.2, 0.25) is 5.88 Å². The molecule has 25 heavy (non-hydrogen) atoms. The molecule has 0 N–H and O–H groups in total. The number of ether oxygens (including phenoxy) is 1. The summed E-state index contributed by atoms with van der Waals surface area (Å²) in [5.41, 5.74) is 4.71. The third kappa shape index (κ3) is 2.16. The summed E-state index contributed by atoms with van der Waals surface area (Å²) >= 11 is 0. The van der Waals surface area contributed by atoms with Gasteiger partial charge in [-0.15, -0.1) is 0 Å². The number of halogens is 2. The van der Waals surface area contributed by atoms with E-state index in [1.807, 2.05) is 26.0 Å². The maximum Gasteiger partial charge on any atom is 0.221 e. The molecule has 0 fully saturated rings. The Morgan fingerprint density at radius 3 is 2.40 bits per heavy atom. The van der Waals surface area contributed by atoms with Gasteiger partial charge in [0.1, 0.15) is 0 Å². The SMILES string of the molecule is CCOc1nc2c(c3cc(F)c(F)cc13)-c1ccc(C)cc1C2(C)C. The van der Waals surface area contributed by atoms with Gasteiger partial charge in [0.15, 0.2) is 11.6 Å². The summed E-state index contributed by atoms with van der Waals surface area (Å²) in [6.45, 7) is 8.51. The zero-order chi connectivity index (χ0) is 17.9. The van der Waals surface area contributed by atoms with Gasteiger partial charge in [0.25, 0.3) is 0 Å². The average Bonchev–Trinajstić information content (AvgIpc) is 2.77. The first-order valence-corrected chi connectivity index (χ1v) is 8.42. The smallest absolute Gasteiger partial charge is 0.221 e. The van der Waals surface area contributed by atoms with Gasteiger partial charge in [0, 0.05) is 16.4 Å². The molecule has 0 saturated heterocycles. The van der Waals surface area contributed by atoms with Crippen molar-refractivity contribution < 1.29 is 13.5 Å². The second kappa shape index (κ2) is 5.25. The molecule has 2 nitrogen and oxygen atoms in total. The minimum Gasteiger partial charge on any atom is -0.478 e. The number of benzene rings is 2. The Morgan fingerprint density at radius 2 is 1.72 bits per heavy atom. The molecule has 0 atom stereocenters. The molecule has 0 unspecified atom stereocenters. The number of nitrogens with zero attached hydrogens (tertiary/aromatic N) is 1. The van der Waals surface area contributed by atoms with Gasteiger partial charge in [-0.3, -0.25) is 0 Å². The number of rotatable bonds is 2. The van der Waals surface area contributed by atoms with E-state index in [2.05, 4.69) is 19.9 Å². The van der Waals surface area contributed by atoms with Crippen LogP contribution in [0.25, 0.3) is 21.9 Å². The lowest BCUT2D eigenvalue weighted by Gasteiger charge is -2.21. The summed E-state index contributed by atoms with van der Waals surface area (Å²) in [4.78, 5) is 4.73. The van der Waals surface area contributed by atoms with Crippen molar-refractivity contribution in [3.8, 4) is 17.0 Å². The summed E-state index contributed by atoms with van der Waals surface area (Å²) in [7, 11) is 0. The van der Waals surface area contributed by atoms with Crippen LogP contribution in [0.3, 0.4) is 0 Å². The molecule has 4 rings (SSSR count). The number of pyridine rings is 1. The first kappa shape index (κ1) is 16.0. The molecule has 1 heterocycles. The van der Waals surface area contributed by atoms with Crippen molar-refractivity contribution in [1.82, 2.24) is 4.98 Å². The molecular formula is C21H19F2NO. The van der Waals surface area contributed by atoms with Crippen molar-refractivity contribution >= 4 is 10.8 Å². The van der Waals surface area contributed by atoms with Crippen LogP contribution in [-0.4, -0.2) is 11.6 Å². The lowest BCUT2D eigenvalue weighted by atomic mass is 9.84. The monoisotopic (exact) mass is 339 g/mol. The zero-order valence-electron chi connectivity index (χ0n) is 14.7. The van der Waals surface area contributed by atoms with E-state index >= 15 is 0 Å². The highest BCUT2D eigenvalue weighted by Crippen LogP contribution is 2.52. The maximum atomic E-state index is 14.0. The fourth-order valence-electron chi connectivity index (χ4n) is 3.77. The van der Waals surface area contributed by atoms with Crippen molar-refractivity contribution in [2.45, 2.75) is 33.1 Å². The van der Waals surface area contributed by atoms with E-state index in [9.17, 15) is 8.78 Å². The lowest BCUT2D eigenvalue weighted by Crippen LogP contribution is -2.17. The van der Waals surface area contributed by atoms with Crippen molar-refractivity contribution in [2.75, 3.05) is 6.61 Å². The first-order valence-electron chi connectivity index (χ1n) is 8.42. The standard InChI is InChI=1S/C21H19F2NO/c1-5-25-20-14-10-17(23)16(22)9-13(14)18-12-7-6-11(2)8-15(12)21(3,4)19(18)24-20/h6-10H,5H2,1-4H3. The van der Waals surface area contributed by atoms with Gasteiger partial charge >= 0.3 is 0 Å². The molecule has 2 aromatic carbocycles. The fraction of sp³-hybridized carbons (Fsp3) is 0.286. The number of fused-ring (bicyclic) bond motifs is 5. The predicted molar refractivity (Wildman–Crippen MR) is 95.1 cm³/mol. The van der Waals surface area contributed by atoms with Crippen LogP contribution in [0.15, 0.2) is 30.3 Å². The van der Waals surface area contributed by atoms with Gasteiger partial charge in [-0.25, -0.2) is 13.8 Å². The van der Waals surface area contributed by atoms with Crippen molar-refractivity contribution in [1.29, 1.82) is 0 Å². The molecule has 0 saturated carbocycles. The molecule has 0 spiro atoms. The van der Waals surface area contributed by atoms with Crippen LogP contribution in [0.2, 0.25) is 0 Å². The third-order valence-electron chi connectivity index (χ3n) is 5.00. The molecule has 128 valence electrons. The summed E-state index contributed by atoms with van der Waals surface area (Å²) in [5, 5.41) is 1.15. The van der Waals surface area contributed by atoms with Crippen molar-refractivity contribution in [3.63, 3.8) is 0 Å². The van der Waals surface area contributed by atoms with E-state index < -0.39 is 11.6 Å². The van der Waals surface area contributed by atoms with Crippen molar-refractivity contribution in [3.05, 3.63) is 58.8 Å². The molecule has 3 aromatic rings. The fourth-order valence-corrected chi connectivity index (χ4v) is 3.77. The van der Waals surface area contributed by atoms with Crippen molar-refractivity contribution in [2.24, 2.45) is 0 Å². The van der Waals surface area contributed by atoms with Gasteiger partial charge in [0.05, 0.1) is 12.3 Å². The van der Waals surface area contributed by atoms with Crippen LogP contribution in [0.4, 0.5) is 8.78 Å². The van der Waals surface area contributed by atoms with E-state index in [4.69, 9.17) is 9.72 Å². The van der Waals surface area contributed by atoms with E-state index in [1.54, 1.807) is 0 Å². The second-order valence-corrected chi connectivity index (χ2v) is 7.06. The highest BCUT2D eigenvalue weighted by molar-refractivity contribution is 6.03. The molecule has 0 aliphatic heterocycles. The van der Waals surface area contributed by atoms with Crippen LogP contribution in [0, 0.1) is 18.6 Å². The second-order valence-electron chi connectivity index (χ2n) is 7.06. The summed E-state index contributed by atoms with van der Waals surface area (Å²) in [5.74, 6) is -1.40. The first-order chi connectivity index (χ1) is 11.8. The van der Waals surface area contributed by atoms with E-state index in [-0.39, 0.29) is 5.41 Å². The molecule has 0 amide bonds. The molecule has 0 radical (unpaired) electrons. The van der Waals surface area contributed by atoms with E-state index in [0.29, 0.717) is 23.3 Å². The van der Waals surface area contributed by atoms with Gasteiger partial charge in [-0.1, -0.05) is 37.6 Å². The Balaban J connectivity index is 2.18. The topological polar surface area (TPSA) is 22.1 Å². The highest BCUT2D eigenvalue weighted by Gasteiger charge is 2.39. The van der Waals surface area contributed by atoms with Gasteiger partial charge in [-0.2, -0.15) is 0 Å². The minimum absolute atomic E-state index is 0.332. The molecule has 1 aliphatic rings. The number of aryl methyl sites for hydroxylation is 1. The molecule has 4 heteroatoms. The quantitative estimate of drug-likeness (QED) is 0.613. The number of aromatic nitrogens is 1. The van der Waals surface area contributed by atoms with Gasteiger partial charge < -0.3 is 4.74 Å². The summed E-state index contributed by atoms with van der Waals surface area (Å²) < 4.78 is 33.5. The summed E-state index contributed by atoms with van der Waals surface area (Å²) in [6, 6.07) is 8.66. The minimum atomic E-state index is -0.892. The third-order valence-corrected chi connectivity index (χ3v) is 5.00. The lowest BCUT2D eigenvalue weighted by molar-refractivity contribution is 0.329. The highest BCUT2D eigenvalue weighted by atomic mass is 19.2. The largest absolute Gasteiger partial charge is 0.478 e. The Bertz CT molecular complexity index is 1020. The molecular weight excluding hydrogens is 320 g/mol. The maximum absolute atomic E-state index is 14.0. The molecule has 1 aliphatic carbocycles. The Labute approximate surface area is 145 Å². The number of hydrogen-bond acceptors (Lipinski definition) is 2. The van der Waals surface area contributed by atoms with Crippen LogP contribution in [-0.2, 0) is 5.41 Å². The Hall–Kier alpha value is -2.49. The Kier molecular flexibility index (Phi) is 3.36. The van der Waals surface area contributed by atoms with Crippen LogP contribution >= 0.6 is 0 Å². The van der Waals surface area contributed by atoms with Crippen LogP contribution in [0.1, 0.15) is 37.6 Å². The predicted octanol–water partition coefficient (Wildman–Crippen LogP) is 5.53. The Morgan fingerprint density at radius 1 is 1.04 bits per heavy atom. The zero-order valence-corrected chi connectivity index (χ0v) is 14.7. The normalized spacial score (nSPS) is 14.5. The number of hydrogen-bond donors (Lipinski definition) is 0. The van der Waals surface area contributed by atoms with Crippen LogP contribution in [0.5, 0.6) is 5.88 Å². The van der Waals surface area contributed by atoms with Gasteiger partial charge in [-0.05, 0) is 42.5 Å². The molecule has 1 aromatic heterocycles. The average molecular weight is 339 g/mol. The van der Waals surface area contributed by atoms with E-state index in [0.717, 1.165) is 27.9 Å².